The van der Waals surface area contributed by atoms with Gasteiger partial charge < -0.3 is 18.6 Å². The zero-order valence-electron chi connectivity index (χ0n) is 13.5. The van der Waals surface area contributed by atoms with Gasteiger partial charge >= 0.3 is 59.1 Å². The molecule has 5 unspecified atom stereocenters. The average Bonchev–Trinajstić information content (AvgIpc) is 2.31. The smallest absolute Gasteiger partial charge is 0.726 e. The van der Waals surface area contributed by atoms with Crippen molar-refractivity contribution in [2.75, 3.05) is 7.11 Å². The minimum Gasteiger partial charge on any atom is -0.726 e. The molecule has 5 atom stereocenters. The number of ether oxygens (including phenoxy) is 2. The van der Waals surface area contributed by atoms with Gasteiger partial charge in [0.15, 0.2) is 12.4 Å². The first-order chi connectivity index (χ1) is 9.48. The summed E-state index contributed by atoms with van der Waals surface area (Å²) in [5, 5.41) is 0. The Morgan fingerprint density at radius 2 is 1.43 bits per heavy atom. The van der Waals surface area contributed by atoms with E-state index in [1.807, 2.05) is 0 Å². The van der Waals surface area contributed by atoms with E-state index in [-0.39, 0.29) is 59.1 Å². The van der Waals surface area contributed by atoms with Gasteiger partial charge in [0.2, 0.25) is 20.8 Å². The summed E-state index contributed by atoms with van der Waals surface area (Å²) in [7, 11) is -9.19. The second-order valence-corrected chi connectivity index (χ2v) is 6.50. The van der Waals surface area contributed by atoms with Crippen LogP contribution in [-0.4, -0.2) is 57.7 Å². The molecule has 0 aromatic heterocycles. The molecule has 0 saturated carbocycles. The zero-order chi connectivity index (χ0) is 16.4. The summed E-state index contributed by atoms with van der Waals surface area (Å²) in [6, 6.07) is 0. The molecule has 14 heteroatoms. The number of hydrogen-bond acceptors (Lipinski definition) is 10. The summed E-state index contributed by atoms with van der Waals surface area (Å²) in [5.74, 6) is -0.725. The quantitative estimate of drug-likeness (QED) is 0.241. The normalized spacial score (nSPS) is 31.8. The van der Waals surface area contributed by atoms with Crippen molar-refractivity contribution in [1.82, 2.24) is 0 Å². The molecule has 1 saturated heterocycles. The fraction of sp³-hybridized carbons (Fsp3) is 1.00. The third-order valence-corrected chi connectivity index (χ3v) is 4.01. The molecule has 0 spiro atoms. The second kappa shape index (κ2) is 10.7. The predicted molar refractivity (Wildman–Crippen MR) is 64.3 cm³/mol. The van der Waals surface area contributed by atoms with Gasteiger partial charge in [-0.2, -0.15) is 0 Å². The first-order valence-electron chi connectivity index (χ1n) is 5.95. The summed E-state index contributed by atoms with van der Waals surface area (Å²) in [4.78, 5) is 0. The number of hydrogen-bond donors (Lipinski definition) is 0. The van der Waals surface area contributed by atoms with Crippen molar-refractivity contribution in [3.05, 3.63) is 0 Å². The minimum atomic E-state index is -5.19. The van der Waals surface area contributed by atoms with Crippen LogP contribution in [0.15, 0.2) is 0 Å². The molecule has 1 aliphatic heterocycles. The standard InChI is InChI=1S/C9H18O10S2.2Na/c1-4-6-5(2)7(18-20(10,11)12)8(9(16-3)17-6)19-21(13,14)15;;/h5-9H,4H2,1-3H3,(H,10,11,12)(H,13,14,15);;/q;2*+1/p-2. The Morgan fingerprint density at radius 3 is 1.78 bits per heavy atom. The predicted octanol–water partition coefficient (Wildman–Crippen LogP) is -6.90. The van der Waals surface area contributed by atoms with E-state index < -0.39 is 51.3 Å². The fourth-order valence-electron chi connectivity index (χ4n) is 2.21. The molecule has 0 amide bonds. The van der Waals surface area contributed by atoms with Gasteiger partial charge in [0.1, 0.15) is 6.10 Å². The Hall–Kier alpha value is 1.66. The van der Waals surface area contributed by atoms with E-state index in [1.54, 1.807) is 6.92 Å². The molecule has 0 radical (unpaired) electrons. The number of methoxy groups -OCH3 is 1. The first-order valence-corrected chi connectivity index (χ1v) is 8.61. The SMILES string of the molecule is CCC1OC(OC)C(OS(=O)(=O)[O-])C(OS(=O)(=O)[O-])C1C.[Na+].[Na+]. The van der Waals surface area contributed by atoms with Gasteiger partial charge in [-0.15, -0.1) is 0 Å². The maximum atomic E-state index is 10.8. The van der Waals surface area contributed by atoms with Crippen molar-refractivity contribution in [3.63, 3.8) is 0 Å². The van der Waals surface area contributed by atoms with Crippen LogP contribution in [-0.2, 0) is 38.6 Å². The molecule has 23 heavy (non-hydrogen) atoms. The Kier molecular flexibility index (Phi) is 12.5. The van der Waals surface area contributed by atoms with Crippen LogP contribution in [0.3, 0.4) is 0 Å². The largest absolute Gasteiger partial charge is 1.00 e. The number of rotatable bonds is 6. The van der Waals surface area contributed by atoms with Crippen LogP contribution in [0.4, 0.5) is 0 Å². The van der Waals surface area contributed by atoms with E-state index in [0.29, 0.717) is 6.42 Å². The van der Waals surface area contributed by atoms with Gasteiger partial charge in [-0.25, -0.2) is 16.8 Å². The van der Waals surface area contributed by atoms with E-state index in [4.69, 9.17) is 9.47 Å². The summed E-state index contributed by atoms with van der Waals surface area (Å²) >= 11 is 0. The van der Waals surface area contributed by atoms with Crippen molar-refractivity contribution in [2.24, 2.45) is 5.92 Å². The molecule has 1 fully saturated rings. The molecular formula is C9H16Na2O10S2. The minimum absolute atomic E-state index is 0. The molecule has 126 valence electrons. The Labute approximate surface area is 180 Å². The second-order valence-electron chi connectivity index (χ2n) is 4.48. The van der Waals surface area contributed by atoms with Crippen molar-refractivity contribution in [2.45, 2.75) is 44.9 Å². The van der Waals surface area contributed by atoms with Crippen molar-refractivity contribution in [1.29, 1.82) is 0 Å². The molecule has 1 heterocycles. The van der Waals surface area contributed by atoms with E-state index in [0.717, 1.165) is 7.11 Å². The van der Waals surface area contributed by atoms with Crippen molar-refractivity contribution < 1.29 is 103 Å². The van der Waals surface area contributed by atoms with Crippen LogP contribution in [0.25, 0.3) is 0 Å². The van der Waals surface area contributed by atoms with Gasteiger partial charge in [0, 0.05) is 13.0 Å². The molecule has 10 nitrogen and oxygen atoms in total. The molecule has 1 aliphatic rings. The Bertz CT molecular complexity index is 551. The van der Waals surface area contributed by atoms with Crippen LogP contribution in [0.2, 0.25) is 0 Å². The van der Waals surface area contributed by atoms with Crippen molar-refractivity contribution >= 4 is 20.8 Å². The third-order valence-electron chi connectivity index (χ3n) is 3.10. The molecule has 0 N–H and O–H groups in total. The van der Waals surface area contributed by atoms with Gasteiger partial charge in [-0.1, -0.05) is 13.8 Å². The Balaban J connectivity index is 0. The topological polar surface area (TPSA) is 151 Å². The molecule has 0 aromatic rings. The summed E-state index contributed by atoms with van der Waals surface area (Å²) in [5.41, 5.74) is 0. The summed E-state index contributed by atoms with van der Waals surface area (Å²) < 4.78 is 83.5. The van der Waals surface area contributed by atoms with Crippen LogP contribution < -0.4 is 59.1 Å². The van der Waals surface area contributed by atoms with Crippen LogP contribution in [0.1, 0.15) is 20.3 Å². The molecule has 0 aromatic carbocycles. The van der Waals surface area contributed by atoms with Gasteiger partial charge in [-0.05, 0) is 6.42 Å². The maximum absolute atomic E-state index is 10.8. The van der Waals surface area contributed by atoms with Gasteiger partial charge in [0.25, 0.3) is 0 Å². The molecule has 0 aliphatic carbocycles. The van der Waals surface area contributed by atoms with E-state index in [9.17, 15) is 25.9 Å². The first kappa shape index (κ1) is 26.9. The van der Waals surface area contributed by atoms with Crippen LogP contribution in [0, 0.1) is 5.92 Å². The third kappa shape index (κ3) is 8.73. The fourth-order valence-corrected chi connectivity index (χ4v) is 3.24. The summed E-state index contributed by atoms with van der Waals surface area (Å²) in [6.45, 7) is 3.20. The van der Waals surface area contributed by atoms with Gasteiger partial charge in [-0.3, -0.25) is 8.37 Å². The summed E-state index contributed by atoms with van der Waals surface area (Å²) in [6.07, 6.45) is -4.77. The van der Waals surface area contributed by atoms with Crippen LogP contribution in [0.5, 0.6) is 0 Å². The zero-order valence-corrected chi connectivity index (χ0v) is 19.1. The maximum Gasteiger partial charge on any atom is 1.00 e. The molecular weight excluding hydrogens is 378 g/mol. The molecule has 1 rings (SSSR count). The molecule has 0 bridgehead atoms. The van der Waals surface area contributed by atoms with Crippen LogP contribution >= 0.6 is 0 Å². The van der Waals surface area contributed by atoms with E-state index in [2.05, 4.69) is 8.37 Å². The van der Waals surface area contributed by atoms with E-state index in [1.165, 1.54) is 6.92 Å². The van der Waals surface area contributed by atoms with Gasteiger partial charge in [0.05, 0.1) is 6.10 Å². The van der Waals surface area contributed by atoms with Crippen molar-refractivity contribution in [3.8, 4) is 0 Å². The van der Waals surface area contributed by atoms with E-state index >= 15 is 0 Å². The monoisotopic (exact) mass is 394 g/mol. The average molecular weight is 394 g/mol. The Morgan fingerprint density at radius 1 is 1.00 bits per heavy atom.